The van der Waals surface area contributed by atoms with Gasteiger partial charge in [-0.15, -0.1) is 0 Å². The molecule has 0 saturated carbocycles. The molecule has 8 heteroatoms. The average molecular weight is 372 g/mol. The van der Waals surface area contributed by atoms with Crippen molar-refractivity contribution in [1.29, 1.82) is 0 Å². The van der Waals surface area contributed by atoms with Crippen LogP contribution < -0.4 is 0 Å². The van der Waals surface area contributed by atoms with Crippen molar-refractivity contribution in [1.82, 2.24) is 4.98 Å². The van der Waals surface area contributed by atoms with Gasteiger partial charge in [0, 0.05) is 24.4 Å². The fourth-order valence-electron chi connectivity index (χ4n) is 2.10. The number of rotatable bonds is 4. The second-order valence-electron chi connectivity index (χ2n) is 6.62. The summed E-state index contributed by atoms with van der Waals surface area (Å²) in [6.45, 7) is 9.22. The lowest BCUT2D eigenvalue weighted by molar-refractivity contribution is -0.109. The number of carbonyl (C=O) groups excluding carboxylic acids is 1. The predicted molar refractivity (Wildman–Crippen MR) is 96.4 cm³/mol. The number of halogens is 2. The molecule has 4 nitrogen and oxygen atoms in total. The molecule has 0 aliphatic carbocycles. The highest BCUT2D eigenvalue weighted by atomic mass is 35.5. The Morgan fingerprint density at radius 2 is 1.96 bits per heavy atom. The summed E-state index contributed by atoms with van der Waals surface area (Å²) in [6, 6.07) is 1.48. The second-order valence-corrected chi connectivity index (χ2v) is 8.21. The lowest BCUT2D eigenvalue weighted by Crippen LogP contribution is -2.41. The minimum absolute atomic E-state index is 0.0397. The van der Waals surface area contributed by atoms with Crippen molar-refractivity contribution < 1.29 is 18.5 Å². The van der Waals surface area contributed by atoms with Crippen LogP contribution in [0.4, 0.5) is 4.39 Å². The summed E-state index contributed by atoms with van der Waals surface area (Å²) in [5.74, 6) is -0.306. The molecular weight excluding hydrogens is 352 g/mol. The lowest BCUT2D eigenvalue weighted by Gasteiger charge is -2.32. The van der Waals surface area contributed by atoms with Crippen LogP contribution in [0.3, 0.4) is 0 Å². The molecule has 0 spiro atoms. The molecule has 1 aliphatic rings. The van der Waals surface area contributed by atoms with E-state index in [1.165, 1.54) is 19.2 Å². The van der Waals surface area contributed by atoms with Crippen LogP contribution in [0.5, 0.6) is 0 Å². The topological polar surface area (TPSA) is 48.4 Å². The van der Waals surface area contributed by atoms with E-state index in [1.54, 1.807) is 6.08 Å². The molecule has 130 valence electrons. The molecule has 0 bridgehead atoms. The largest absolute Gasteiger partial charge is 0.491 e. The third-order valence-corrected chi connectivity index (χ3v) is 5.26. The van der Waals surface area contributed by atoms with E-state index in [2.05, 4.69) is 4.98 Å². The molecule has 1 saturated heterocycles. The zero-order valence-electron chi connectivity index (χ0n) is 14.4. The van der Waals surface area contributed by atoms with E-state index in [1.807, 2.05) is 27.7 Å². The Balaban J connectivity index is 2.37. The highest BCUT2D eigenvalue weighted by Crippen LogP contribution is 2.39. The normalized spacial score (nSPS) is 19.6. The summed E-state index contributed by atoms with van der Waals surface area (Å²) in [5, 5.41) is 0.289. The summed E-state index contributed by atoms with van der Waals surface area (Å²) in [6.07, 6.45) is 2.83. The quantitative estimate of drug-likeness (QED) is 0.587. The van der Waals surface area contributed by atoms with Crippen LogP contribution in [0.2, 0.25) is 5.02 Å². The first-order valence-electron chi connectivity index (χ1n) is 7.52. The van der Waals surface area contributed by atoms with Crippen molar-refractivity contribution in [2.45, 2.75) is 45.8 Å². The molecule has 2 rings (SSSR count). The number of nitrogens with zero attached hydrogens (tertiary/aromatic N) is 1. The van der Waals surface area contributed by atoms with Gasteiger partial charge < -0.3 is 9.31 Å². The molecule has 0 N–H and O–H groups in total. The van der Waals surface area contributed by atoms with Crippen LogP contribution in [0.25, 0.3) is 6.08 Å². The van der Waals surface area contributed by atoms with Gasteiger partial charge in [-0.25, -0.2) is 4.98 Å². The highest BCUT2D eigenvalue weighted by Gasteiger charge is 2.52. The van der Waals surface area contributed by atoms with Crippen LogP contribution in [-0.2, 0) is 14.1 Å². The van der Waals surface area contributed by atoms with Gasteiger partial charge in [-0.1, -0.05) is 29.4 Å². The monoisotopic (exact) mass is 371 g/mol. The Hall–Kier alpha value is -0.885. The van der Waals surface area contributed by atoms with Crippen molar-refractivity contribution in [2.75, 3.05) is 5.75 Å². The lowest BCUT2D eigenvalue weighted by atomic mass is 9.78. The van der Waals surface area contributed by atoms with Gasteiger partial charge in [-0.3, -0.25) is 4.79 Å². The van der Waals surface area contributed by atoms with Gasteiger partial charge >= 0.3 is 7.12 Å². The fourth-order valence-corrected chi connectivity index (χ4v) is 2.85. The van der Waals surface area contributed by atoms with E-state index in [0.717, 1.165) is 11.8 Å². The average Bonchev–Trinajstić information content (AvgIpc) is 2.66. The number of carbonyl (C=O) groups is 1. The summed E-state index contributed by atoms with van der Waals surface area (Å²) in [7, 11) is -0.666. The summed E-state index contributed by atoms with van der Waals surface area (Å²) in [5.41, 5.74) is -0.167. The van der Waals surface area contributed by atoms with E-state index < -0.39 is 24.3 Å². The van der Waals surface area contributed by atoms with Gasteiger partial charge in [0.05, 0.1) is 16.2 Å². The zero-order chi connectivity index (χ0) is 18.1. The molecule has 2 heterocycles. The Kier molecular flexibility index (Phi) is 5.80. The van der Waals surface area contributed by atoms with E-state index in [9.17, 15) is 9.18 Å². The maximum Gasteiger partial charge on any atom is 0.491 e. The Morgan fingerprint density at radius 1 is 1.38 bits per heavy atom. The van der Waals surface area contributed by atoms with E-state index in [4.69, 9.17) is 20.9 Å². The van der Waals surface area contributed by atoms with Crippen LogP contribution in [0.15, 0.2) is 17.7 Å². The molecule has 0 atom stereocenters. The van der Waals surface area contributed by atoms with Crippen molar-refractivity contribution >= 4 is 41.7 Å². The smallest absolute Gasteiger partial charge is 0.400 e. The van der Waals surface area contributed by atoms with Crippen LogP contribution >= 0.6 is 23.4 Å². The van der Waals surface area contributed by atoms with Gasteiger partial charge in [0.1, 0.15) is 0 Å². The van der Waals surface area contributed by atoms with Crippen LogP contribution in [-0.4, -0.2) is 34.2 Å². The van der Waals surface area contributed by atoms with Crippen molar-refractivity contribution in [3.63, 3.8) is 0 Å². The van der Waals surface area contributed by atoms with Gasteiger partial charge in [0.2, 0.25) is 5.95 Å². The molecular formula is C16H20BClFNO3S. The maximum atomic E-state index is 14.0. The minimum atomic E-state index is -0.666. The Bertz CT molecular complexity index is 665. The molecule has 0 aromatic carbocycles. The predicted octanol–water partition coefficient (Wildman–Crippen LogP) is 4.17. The molecule has 1 aliphatic heterocycles. The number of aromatic nitrogens is 1. The van der Waals surface area contributed by atoms with Crippen molar-refractivity contribution in [3.05, 3.63) is 34.3 Å². The number of hydrogen-bond acceptors (Lipinski definition) is 5. The van der Waals surface area contributed by atoms with Crippen LogP contribution in [0, 0.1) is 5.95 Å². The van der Waals surface area contributed by atoms with E-state index in [-0.39, 0.29) is 10.7 Å². The molecule has 0 radical (unpaired) electrons. The van der Waals surface area contributed by atoms with Crippen molar-refractivity contribution in [3.8, 4) is 0 Å². The van der Waals surface area contributed by atoms with Crippen LogP contribution in [0.1, 0.15) is 40.2 Å². The number of thioether (sulfide) groups is 1. The maximum absolute atomic E-state index is 14.0. The minimum Gasteiger partial charge on any atom is -0.400 e. The molecule has 0 unspecified atom stereocenters. The zero-order valence-corrected chi connectivity index (χ0v) is 15.9. The molecule has 1 aromatic heterocycles. The summed E-state index contributed by atoms with van der Waals surface area (Å²) >= 11 is 7.01. The first-order chi connectivity index (χ1) is 11.0. The molecule has 24 heavy (non-hydrogen) atoms. The standard InChI is InChI=1S/C16H20BClFNO3S/c1-10(21)24-9-12(6-11-7-13(18)8-20-14(11)19)17-22-15(2,3)16(4,5)23-17/h6-8H,9H2,1-5H3. The molecule has 1 fully saturated rings. The van der Waals surface area contributed by atoms with Gasteiger partial charge in [-0.05, 0) is 39.2 Å². The third-order valence-electron chi connectivity index (χ3n) is 4.17. The molecule has 0 amide bonds. The number of hydrogen-bond donors (Lipinski definition) is 0. The third kappa shape index (κ3) is 4.39. The second kappa shape index (κ2) is 7.16. The first-order valence-corrected chi connectivity index (χ1v) is 8.89. The van der Waals surface area contributed by atoms with Gasteiger partial charge in [0.25, 0.3) is 0 Å². The summed E-state index contributed by atoms with van der Waals surface area (Å²) in [4.78, 5) is 15.0. The van der Waals surface area contributed by atoms with Gasteiger partial charge in [0.15, 0.2) is 5.12 Å². The van der Waals surface area contributed by atoms with Crippen molar-refractivity contribution in [2.24, 2.45) is 0 Å². The van der Waals surface area contributed by atoms with Gasteiger partial charge in [-0.2, -0.15) is 4.39 Å². The van der Waals surface area contributed by atoms with E-state index >= 15 is 0 Å². The highest BCUT2D eigenvalue weighted by molar-refractivity contribution is 8.13. The fraction of sp³-hybridized carbons (Fsp3) is 0.500. The summed E-state index contributed by atoms with van der Waals surface area (Å²) < 4.78 is 26.0. The SMILES string of the molecule is CC(=O)SCC(=Cc1cc(Cl)cnc1F)B1OC(C)(C)C(C)(C)O1. The number of pyridine rings is 1. The Labute approximate surface area is 151 Å². The molecule has 1 aromatic rings. The first kappa shape index (κ1) is 19.4. The Morgan fingerprint density at radius 3 is 2.50 bits per heavy atom. The van der Waals surface area contributed by atoms with E-state index in [0.29, 0.717) is 16.2 Å².